The summed E-state index contributed by atoms with van der Waals surface area (Å²) in [5.74, 6) is 1.57. The SMILES string of the molecule is COc1cc(Cl)c(C)cc1N=Nc1c(C(C)C)nc2ccccn12. The molecule has 0 radical (unpaired) electrons. The zero-order valence-corrected chi connectivity index (χ0v) is 14.9. The fraction of sp³-hybridized carbons (Fsp3) is 0.278. The number of benzene rings is 1. The maximum atomic E-state index is 6.14. The molecule has 0 spiro atoms. The summed E-state index contributed by atoms with van der Waals surface area (Å²) in [7, 11) is 1.59. The molecule has 0 N–H and O–H groups in total. The Kier molecular flexibility index (Phi) is 4.53. The van der Waals surface area contributed by atoms with Crippen LogP contribution in [0.25, 0.3) is 5.65 Å². The van der Waals surface area contributed by atoms with Crippen LogP contribution in [-0.4, -0.2) is 16.5 Å². The summed E-state index contributed by atoms with van der Waals surface area (Å²) in [6.45, 7) is 6.11. The molecule has 0 fully saturated rings. The first kappa shape index (κ1) is 16.5. The largest absolute Gasteiger partial charge is 0.494 e. The molecule has 0 aliphatic rings. The van der Waals surface area contributed by atoms with Crippen LogP contribution in [0.2, 0.25) is 5.02 Å². The third kappa shape index (κ3) is 2.99. The van der Waals surface area contributed by atoms with Gasteiger partial charge in [0, 0.05) is 17.3 Å². The van der Waals surface area contributed by atoms with E-state index in [2.05, 4.69) is 29.1 Å². The van der Waals surface area contributed by atoms with Crippen molar-refractivity contribution in [1.82, 2.24) is 9.38 Å². The fourth-order valence-corrected chi connectivity index (χ4v) is 2.63. The molecule has 2 heterocycles. The number of hydrogen-bond acceptors (Lipinski definition) is 4. The van der Waals surface area contributed by atoms with Gasteiger partial charge in [-0.3, -0.25) is 4.40 Å². The fourth-order valence-electron chi connectivity index (χ4n) is 2.48. The summed E-state index contributed by atoms with van der Waals surface area (Å²) >= 11 is 6.14. The lowest BCUT2D eigenvalue weighted by molar-refractivity contribution is 0.416. The molecule has 1 aromatic carbocycles. The second-order valence-electron chi connectivity index (χ2n) is 5.88. The number of aryl methyl sites for hydroxylation is 1. The van der Waals surface area contributed by atoms with Crippen molar-refractivity contribution in [1.29, 1.82) is 0 Å². The molecule has 0 amide bonds. The summed E-state index contributed by atoms with van der Waals surface area (Å²) in [5, 5.41) is 9.50. The number of aromatic nitrogens is 2. The number of rotatable bonds is 4. The van der Waals surface area contributed by atoms with Crippen molar-refractivity contribution in [3.05, 3.63) is 52.8 Å². The molecule has 2 aromatic heterocycles. The normalized spacial score (nSPS) is 11.8. The second-order valence-corrected chi connectivity index (χ2v) is 6.28. The minimum Gasteiger partial charge on any atom is -0.494 e. The zero-order chi connectivity index (χ0) is 17.3. The van der Waals surface area contributed by atoms with Crippen LogP contribution in [-0.2, 0) is 0 Å². The van der Waals surface area contributed by atoms with Crippen LogP contribution in [0.5, 0.6) is 5.75 Å². The van der Waals surface area contributed by atoms with Gasteiger partial charge in [-0.05, 0) is 36.6 Å². The highest BCUT2D eigenvalue weighted by Gasteiger charge is 2.15. The van der Waals surface area contributed by atoms with E-state index < -0.39 is 0 Å². The van der Waals surface area contributed by atoms with Gasteiger partial charge in [-0.1, -0.05) is 31.5 Å². The number of imidazole rings is 1. The Bertz CT molecular complexity index is 915. The lowest BCUT2D eigenvalue weighted by atomic mass is 10.1. The molecule has 0 unspecified atom stereocenters. The van der Waals surface area contributed by atoms with Crippen LogP contribution in [0.4, 0.5) is 11.5 Å². The summed E-state index contributed by atoms with van der Waals surface area (Å²) in [5.41, 5.74) is 3.33. The second kappa shape index (κ2) is 6.61. The molecule has 124 valence electrons. The van der Waals surface area contributed by atoms with Crippen molar-refractivity contribution in [3.8, 4) is 5.75 Å². The molecule has 5 nitrogen and oxygen atoms in total. The van der Waals surface area contributed by atoms with Gasteiger partial charge < -0.3 is 4.74 Å². The number of hydrogen-bond donors (Lipinski definition) is 0. The molecule has 3 aromatic rings. The van der Waals surface area contributed by atoms with Crippen molar-refractivity contribution in [3.63, 3.8) is 0 Å². The molecule has 0 aliphatic carbocycles. The Morgan fingerprint density at radius 2 is 2.00 bits per heavy atom. The van der Waals surface area contributed by atoms with Crippen LogP contribution in [0, 0.1) is 6.92 Å². The van der Waals surface area contributed by atoms with Crippen LogP contribution >= 0.6 is 11.6 Å². The Balaban J connectivity index is 2.11. The monoisotopic (exact) mass is 342 g/mol. The van der Waals surface area contributed by atoms with Crippen molar-refractivity contribution >= 4 is 28.8 Å². The average Bonchev–Trinajstić information content (AvgIpc) is 2.94. The number of halogens is 1. The summed E-state index contributed by atoms with van der Waals surface area (Å²) < 4.78 is 7.29. The number of methoxy groups -OCH3 is 1. The Labute approximate surface area is 146 Å². The third-order valence-corrected chi connectivity index (χ3v) is 4.20. The van der Waals surface area contributed by atoms with E-state index in [1.807, 2.05) is 41.8 Å². The van der Waals surface area contributed by atoms with Crippen LogP contribution < -0.4 is 4.74 Å². The lowest BCUT2D eigenvalue weighted by Gasteiger charge is -2.07. The van der Waals surface area contributed by atoms with Gasteiger partial charge >= 0.3 is 0 Å². The van der Waals surface area contributed by atoms with Crippen LogP contribution in [0.15, 0.2) is 46.8 Å². The first-order valence-corrected chi connectivity index (χ1v) is 8.12. The van der Waals surface area contributed by atoms with Crippen molar-refractivity contribution in [2.75, 3.05) is 7.11 Å². The maximum Gasteiger partial charge on any atom is 0.183 e. The van der Waals surface area contributed by atoms with Gasteiger partial charge in [0.15, 0.2) is 5.82 Å². The van der Waals surface area contributed by atoms with E-state index in [1.165, 1.54) is 0 Å². The Hall–Kier alpha value is -2.40. The molecule has 6 heteroatoms. The van der Waals surface area contributed by atoms with Gasteiger partial charge in [0.1, 0.15) is 17.1 Å². The van der Waals surface area contributed by atoms with Crippen molar-refractivity contribution in [2.45, 2.75) is 26.7 Å². The molecule has 0 saturated carbocycles. The number of pyridine rings is 1. The standard InChI is InChI=1S/C18H19ClN4O/c1-11(2)17-18(23-8-6-5-7-16(23)20-17)22-21-14-9-12(3)13(19)10-15(14)24-4/h5-11H,1-4H3. The summed E-state index contributed by atoms with van der Waals surface area (Å²) in [6, 6.07) is 9.48. The van der Waals surface area contributed by atoms with Gasteiger partial charge in [0.2, 0.25) is 0 Å². The first-order chi connectivity index (χ1) is 11.5. The van der Waals surface area contributed by atoms with E-state index in [1.54, 1.807) is 13.2 Å². The molecule has 24 heavy (non-hydrogen) atoms. The highest BCUT2D eigenvalue weighted by Crippen LogP contribution is 2.35. The highest BCUT2D eigenvalue weighted by molar-refractivity contribution is 6.31. The molecular formula is C18H19ClN4O. The van der Waals surface area contributed by atoms with Gasteiger partial charge in [-0.25, -0.2) is 4.98 Å². The van der Waals surface area contributed by atoms with E-state index in [9.17, 15) is 0 Å². The summed E-state index contributed by atoms with van der Waals surface area (Å²) in [6.07, 6.45) is 1.94. The minimum atomic E-state index is 0.243. The topological polar surface area (TPSA) is 51.2 Å². The Morgan fingerprint density at radius 3 is 2.71 bits per heavy atom. The lowest BCUT2D eigenvalue weighted by Crippen LogP contribution is -1.88. The number of fused-ring (bicyclic) bond motifs is 1. The Morgan fingerprint density at radius 1 is 1.21 bits per heavy atom. The quantitative estimate of drug-likeness (QED) is 0.559. The van der Waals surface area contributed by atoms with Gasteiger partial charge in [0.25, 0.3) is 0 Å². The van der Waals surface area contributed by atoms with Crippen LogP contribution in [0.3, 0.4) is 0 Å². The minimum absolute atomic E-state index is 0.243. The third-order valence-electron chi connectivity index (χ3n) is 3.79. The van der Waals surface area contributed by atoms with E-state index in [4.69, 9.17) is 16.3 Å². The number of azo groups is 1. The predicted octanol–water partition coefficient (Wildman–Crippen LogP) is 5.84. The van der Waals surface area contributed by atoms with Crippen molar-refractivity contribution < 1.29 is 4.74 Å². The molecule has 0 bridgehead atoms. The molecular weight excluding hydrogens is 324 g/mol. The predicted molar refractivity (Wildman–Crippen MR) is 96.2 cm³/mol. The van der Waals surface area contributed by atoms with Gasteiger partial charge in [-0.2, -0.15) is 0 Å². The van der Waals surface area contributed by atoms with E-state index >= 15 is 0 Å². The van der Waals surface area contributed by atoms with E-state index in [-0.39, 0.29) is 5.92 Å². The molecule has 0 saturated heterocycles. The number of nitrogens with zero attached hydrogens (tertiary/aromatic N) is 4. The van der Waals surface area contributed by atoms with Crippen LogP contribution in [0.1, 0.15) is 31.0 Å². The maximum absolute atomic E-state index is 6.14. The zero-order valence-electron chi connectivity index (χ0n) is 14.1. The first-order valence-electron chi connectivity index (χ1n) is 7.74. The van der Waals surface area contributed by atoms with Gasteiger partial charge in [0.05, 0.1) is 12.8 Å². The molecule has 3 rings (SSSR count). The van der Waals surface area contributed by atoms with E-state index in [0.717, 1.165) is 22.7 Å². The average molecular weight is 343 g/mol. The smallest absolute Gasteiger partial charge is 0.183 e. The number of ether oxygens (including phenoxy) is 1. The van der Waals surface area contributed by atoms with E-state index in [0.29, 0.717) is 16.5 Å². The summed E-state index contributed by atoms with van der Waals surface area (Å²) in [4.78, 5) is 4.66. The molecule has 0 aliphatic heterocycles. The molecule has 0 atom stereocenters. The highest BCUT2D eigenvalue weighted by atomic mass is 35.5. The van der Waals surface area contributed by atoms with Crippen molar-refractivity contribution in [2.24, 2.45) is 10.2 Å². The van der Waals surface area contributed by atoms with Gasteiger partial charge in [-0.15, -0.1) is 10.2 Å².